The maximum atomic E-state index is 10.7. The van der Waals surface area contributed by atoms with Crippen LogP contribution in [0.5, 0.6) is 5.75 Å². The van der Waals surface area contributed by atoms with E-state index in [4.69, 9.17) is 5.73 Å². The van der Waals surface area contributed by atoms with E-state index in [1.165, 1.54) is 0 Å². The van der Waals surface area contributed by atoms with Crippen molar-refractivity contribution in [3.63, 3.8) is 0 Å². The van der Waals surface area contributed by atoms with Crippen LogP contribution in [-0.2, 0) is 12.0 Å². The summed E-state index contributed by atoms with van der Waals surface area (Å²) in [4.78, 5) is 10.7. The first kappa shape index (κ1) is 14.1. The number of hydrogen-bond donors (Lipinski definition) is 3. The van der Waals surface area contributed by atoms with E-state index in [1.54, 1.807) is 0 Å². The monoisotopic (exact) mass is 348 g/mol. The molecule has 4 nitrogen and oxygen atoms in total. The van der Waals surface area contributed by atoms with Gasteiger partial charge in [-0.15, -0.1) is 0 Å². The quantitative estimate of drug-likeness (QED) is 0.719. The van der Waals surface area contributed by atoms with Gasteiger partial charge in [0, 0.05) is 12.1 Å². The minimum Gasteiger partial charge on any atom is -0.506 e. The van der Waals surface area contributed by atoms with Gasteiger partial charge in [0.2, 0.25) is 0 Å². The lowest BCUT2D eigenvalue weighted by Crippen LogP contribution is -2.28. The lowest BCUT2D eigenvalue weighted by molar-refractivity contribution is 0.248. The number of aromatic hydroxyl groups is 1. The summed E-state index contributed by atoms with van der Waals surface area (Å²) in [6, 6.07) is 3.25. The number of phenols is 1. The van der Waals surface area contributed by atoms with Gasteiger partial charge in [-0.25, -0.2) is 4.79 Å². The van der Waals surface area contributed by atoms with Crippen LogP contribution in [-0.4, -0.2) is 11.1 Å². The topological polar surface area (TPSA) is 75.3 Å². The van der Waals surface area contributed by atoms with E-state index in [1.807, 2.05) is 12.1 Å². The van der Waals surface area contributed by atoms with E-state index >= 15 is 0 Å². The van der Waals surface area contributed by atoms with E-state index in [0.29, 0.717) is 5.56 Å². The van der Waals surface area contributed by atoms with Gasteiger partial charge in [0.05, 0.1) is 3.57 Å². The molecule has 94 valence electrons. The average molecular weight is 348 g/mol. The predicted octanol–water partition coefficient (Wildman–Crippen LogP) is 2.46. The summed E-state index contributed by atoms with van der Waals surface area (Å²) >= 11 is 2.08. The van der Waals surface area contributed by atoms with Crippen LogP contribution in [0.4, 0.5) is 4.79 Å². The van der Waals surface area contributed by atoms with Crippen molar-refractivity contribution in [2.45, 2.75) is 32.7 Å². The molecule has 0 spiro atoms. The van der Waals surface area contributed by atoms with Crippen molar-refractivity contribution in [1.29, 1.82) is 0 Å². The highest BCUT2D eigenvalue weighted by atomic mass is 127. The number of urea groups is 1. The number of hydrogen-bond acceptors (Lipinski definition) is 2. The number of nitrogens with one attached hydrogen (secondary N) is 1. The Morgan fingerprint density at radius 3 is 2.53 bits per heavy atom. The Morgan fingerprint density at radius 2 is 2.06 bits per heavy atom. The molecule has 0 aliphatic heterocycles. The number of nitrogens with two attached hydrogens (primary N) is 1. The van der Waals surface area contributed by atoms with Gasteiger partial charge in [-0.2, -0.15) is 0 Å². The maximum Gasteiger partial charge on any atom is 0.312 e. The Bertz CT molecular complexity index is 439. The number of primary amides is 1. The second-order valence-corrected chi connectivity index (χ2v) is 6.10. The molecule has 0 atom stereocenters. The molecule has 0 saturated carbocycles. The number of phenolic OH excluding ortho intramolecular Hbond substituents is 1. The third kappa shape index (κ3) is 3.76. The van der Waals surface area contributed by atoms with Crippen LogP contribution in [0.1, 0.15) is 31.9 Å². The van der Waals surface area contributed by atoms with Crippen molar-refractivity contribution in [2.24, 2.45) is 5.73 Å². The summed E-state index contributed by atoms with van der Waals surface area (Å²) in [5.74, 6) is 0.201. The second-order valence-electron chi connectivity index (χ2n) is 4.93. The third-order valence-electron chi connectivity index (χ3n) is 2.46. The van der Waals surface area contributed by atoms with Crippen LogP contribution in [0.25, 0.3) is 0 Å². The molecule has 0 aromatic heterocycles. The molecule has 5 heteroatoms. The summed E-state index contributed by atoms with van der Waals surface area (Å²) in [7, 11) is 0. The fourth-order valence-corrected chi connectivity index (χ4v) is 2.09. The Balaban J connectivity index is 3.11. The van der Waals surface area contributed by atoms with Gasteiger partial charge in [-0.3, -0.25) is 0 Å². The zero-order chi connectivity index (χ0) is 13.2. The smallest absolute Gasteiger partial charge is 0.312 e. The zero-order valence-electron chi connectivity index (χ0n) is 10.2. The van der Waals surface area contributed by atoms with E-state index in [0.717, 1.165) is 9.13 Å². The molecule has 2 amide bonds. The molecular weight excluding hydrogens is 331 g/mol. The highest BCUT2D eigenvalue weighted by Crippen LogP contribution is 2.31. The molecule has 0 aliphatic rings. The van der Waals surface area contributed by atoms with Gasteiger partial charge in [-0.1, -0.05) is 20.8 Å². The van der Waals surface area contributed by atoms with Crippen LogP contribution < -0.4 is 11.1 Å². The first-order valence-electron chi connectivity index (χ1n) is 5.27. The normalized spacial score (nSPS) is 11.3. The number of carbonyl (C=O) groups excluding carboxylic acids is 1. The van der Waals surface area contributed by atoms with Crippen molar-refractivity contribution < 1.29 is 9.90 Å². The van der Waals surface area contributed by atoms with Crippen LogP contribution in [0.15, 0.2) is 12.1 Å². The molecule has 17 heavy (non-hydrogen) atoms. The fraction of sp³-hybridized carbons (Fsp3) is 0.417. The fourth-order valence-electron chi connectivity index (χ4n) is 1.41. The lowest BCUT2D eigenvalue weighted by atomic mass is 9.86. The summed E-state index contributed by atoms with van der Waals surface area (Å²) in [6.07, 6.45) is 0. The molecule has 0 aliphatic carbocycles. The molecule has 4 N–H and O–H groups in total. The largest absolute Gasteiger partial charge is 0.506 e. The first-order valence-corrected chi connectivity index (χ1v) is 6.35. The molecule has 1 aromatic carbocycles. The maximum absolute atomic E-state index is 10.7. The van der Waals surface area contributed by atoms with Gasteiger partial charge in [0.1, 0.15) is 5.75 Å². The Morgan fingerprint density at radius 1 is 1.47 bits per heavy atom. The standard InChI is InChI=1S/C12H17IN2O2/c1-12(2,3)8-4-7(6-15-11(14)17)10(16)9(13)5-8/h4-5,16H,6H2,1-3H3,(H3,14,15,17). The van der Waals surface area contributed by atoms with Crippen LogP contribution >= 0.6 is 22.6 Å². The van der Waals surface area contributed by atoms with Crippen molar-refractivity contribution >= 4 is 28.6 Å². The van der Waals surface area contributed by atoms with Crippen molar-refractivity contribution in [3.8, 4) is 5.75 Å². The highest BCUT2D eigenvalue weighted by Gasteiger charge is 2.17. The van der Waals surface area contributed by atoms with Gasteiger partial charge in [0.15, 0.2) is 0 Å². The molecule has 0 saturated heterocycles. The van der Waals surface area contributed by atoms with Gasteiger partial charge < -0.3 is 16.2 Å². The summed E-state index contributed by atoms with van der Waals surface area (Å²) in [6.45, 7) is 6.53. The Labute approximate surface area is 115 Å². The molecule has 0 bridgehead atoms. The van der Waals surface area contributed by atoms with Crippen molar-refractivity contribution in [2.75, 3.05) is 0 Å². The molecule has 1 aromatic rings. The predicted molar refractivity (Wildman–Crippen MR) is 75.9 cm³/mol. The molecule has 0 heterocycles. The van der Waals surface area contributed by atoms with E-state index < -0.39 is 6.03 Å². The molecule has 0 unspecified atom stereocenters. The zero-order valence-corrected chi connectivity index (χ0v) is 12.3. The van der Waals surface area contributed by atoms with E-state index in [-0.39, 0.29) is 17.7 Å². The number of halogens is 1. The molecular formula is C12H17IN2O2. The number of rotatable bonds is 2. The Kier molecular flexibility index (Phi) is 4.24. The van der Waals surface area contributed by atoms with Gasteiger partial charge in [0.25, 0.3) is 0 Å². The van der Waals surface area contributed by atoms with Crippen molar-refractivity contribution in [3.05, 3.63) is 26.8 Å². The lowest BCUT2D eigenvalue weighted by Gasteiger charge is -2.21. The summed E-state index contributed by atoms with van der Waals surface area (Å²) in [5.41, 5.74) is 6.81. The van der Waals surface area contributed by atoms with E-state index in [9.17, 15) is 9.90 Å². The second kappa shape index (κ2) is 5.12. The van der Waals surface area contributed by atoms with Gasteiger partial charge in [-0.05, 0) is 45.7 Å². The number of amides is 2. The number of carbonyl (C=O) groups is 1. The van der Waals surface area contributed by atoms with Crippen LogP contribution in [0.2, 0.25) is 0 Å². The van der Waals surface area contributed by atoms with E-state index in [2.05, 4.69) is 48.7 Å². The van der Waals surface area contributed by atoms with Crippen LogP contribution in [0, 0.1) is 3.57 Å². The van der Waals surface area contributed by atoms with Crippen molar-refractivity contribution in [1.82, 2.24) is 5.32 Å². The first-order chi connectivity index (χ1) is 7.71. The summed E-state index contributed by atoms with van der Waals surface area (Å²) < 4.78 is 0.774. The average Bonchev–Trinajstić information content (AvgIpc) is 2.18. The molecule has 1 rings (SSSR count). The summed E-state index contributed by atoms with van der Waals surface area (Å²) in [5, 5.41) is 12.4. The Hall–Kier alpha value is -0.980. The van der Waals surface area contributed by atoms with Crippen LogP contribution in [0.3, 0.4) is 0 Å². The molecule has 0 fully saturated rings. The molecule has 0 radical (unpaired) electrons. The van der Waals surface area contributed by atoms with Gasteiger partial charge >= 0.3 is 6.03 Å². The SMILES string of the molecule is CC(C)(C)c1cc(I)c(O)c(CNC(N)=O)c1. The minimum atomic E-state index is -0.597. The highest BCUT2D eigenvalue weighted by molar-refractivity contribution is 14.1. The third-order valence-corrected chi connectivity index (χ3v) is 3.28. The minimum absolute atomic E-state index is 0.00487. The number of benzene rings is 1.